The second-order valence-corrected chi connectivity index (χ2v) is 5.11. The summed E-state index contributed by atoms with van der Waals surface area (Å²) in [5, 5.41) is 4.07. The van der Waals surface area contributed by atoms with Crippen molar-refractivity contribution in [2.75, 3.05) is 0 Å². The molecule has 0 amide bonds. The first-order valence-corrected chi connectivity index (χ1v) is 6.95. The first-order valence-electron chi connectivity index (χ1n) is 6.57. The van der Waals surface area contributed by atoms with E-state index in [4.69, 9.17) is 11.6 Å². The summed E-state index contributed by atoms with van der Waals surface area (Å²) in [5.74, 6) is 0.166. The molecule has 2 aromatic carbocycles. The number of hydrogen-bond acceptors (Lipinski definition) is 2. The fraction of sp³-hybridized carbons (Fsp3) is 0.250. The number of nitrogens with one attached hydrogen (secondary N) is 1. The maximum Gasteiger partial charge on any atom is 0.387 e. The Kier molecular flexibility index (Phi) is 5.53. The highest BCUT2D eigenvalue weighted by atomic mass is 35.5. The zero-order chi connectivity index (χ0) is 15.2. The van der Waals surface area contributed by atoms with Gasteiger partial charge in [0.05, 0.1) is 0 Å². The lowest BCUT2D eigenvalue weighted by Gasteiger charge is -2.14. The van der Waals surface area contributed by atoms with Gasteiger partial charge in [-0.15, -0.1) is 0 Å². The molecule has 0 unspecified atom stereocenters. The van der Waals surface area contributed by atoms with E-state index in [1.807, 2.05) is 24.3 Å². The molecular weight excluding hydrogens is 296 g/mol. The lowest BCUT2D eigenvalue weighted by Crippen LogP contribution is -2.17. The monoisotopic (exact) mass is 311 g/mol. The van der Waals surface area contributed by atoms with Crippen LogP contribution in [0.5, 0.6) is 5.75 Å². The zero-order valence-corrected chi connectivity index (χ0v) is 12.3. The van der Waals surface area contributed by atoms with Crippen LogP contribution in [-0.2, 0) is 6.54 Å². The van der Waals surface area contributed by atoms with Crippen LogP contribution in [0, 0.1) is 0 Å². The highest BCUT2D eigenvalue weighted by molar-refractivity contribution is 6.30. The molecule has 0 aromatic heterocycles. The molecule has 2 rings (SSSR count). The van der Waals surface area contributed by atoms with Crippen molar-refractivity contribution in [3.63, 3.8) is 0 Å². The summed E-state index contributed by atoms with van der Waals surface area (Å²) in [4.78, 5) is 0. The summed E-state index contributed by atoms with van der Waals surface area (Å²) in [6.45, 7) is -0.102. The van der Waals surface area contributed by atoms with E-state index < -0.39 is 6.61 Å². The van der Waals surface area contributed by atoms with Gasteiger partial charge in [0.2, 0.25) is 0 Å². The Hall–Kier alpha value is -1.65. The third kappa shape index (κ3) is 4.99. The molecule has 0 heterocycles. The molecule has 1 atom stereocenters. The molecule has 0 saturated carbocycles. The van der Waals surface area contributed by atoms with E-state index in [1.54, 1.807) is 12.1 Å². The van der Waals surface area contributed by atoms with Gasteiger partial charge >= 0.3 is 6.61 Å². The number of rotatable bonds is 6. The summed E-state index contributed by atoms with van der Waals surface area (Å²) in [5.41, 5.74) is 2.13. The second kappa shape index (κ2) is 7.38. The van der Waals surface area contributed by atoms with Crippen LogP contribution >= 0.6 is 11.6 Å². The van der Waals surface area contributed by atoms with E-state index in [0.29, 0.717) is 11.6 Å². The van der Waals surface area contributed by atoms with Gasteiger partial charge in [0.25, 0.3) is 0 Å². The molecule has 112 valence electrons. The van der Waals surface area contributed by atoms with Crippen molar-refractivity contribution in [1.82, 2.24) is 5.32 Å². The van der Waals surface area contributed by atoms with E-state index >= 15 is 0 Å². The molecule has 21 heavy (non-hydrogen) atoms. The van der Waals surface area contributed by atoms with Gasteiger partial charge in [-0.2, -0.15) is 8.78 Å². The Morgan fingerprint density at radius 2 is 1.67 bits per heavy atom. The first-order chi connectivity index (χ1) is 10.0. The number of benzene rings is 2. The lowest BCUT2D eigenvalue weighted by atomic mass is 10.1. The zero-order valence-electron chi connectivity index (χ0n) is 11.5. The maximum absolute atomic E-state index is 12.0. The molecule has 5 heteroatoms. The number of halogens is 3. The summed E-state index contributed by atoms with van der Waals surface area (Å²) in [6, 6.07) is 14.4. The topological polar surface area (TPSA) is 21.3 Å². The van der Waals surface area contributed by atoms with Crippen LogP contribution in [0.3, 0.4) is 0 Å². The second-order valence-electron chi connectivity index (χ2n) is 4.68. The van der Waals surface area contributed by atoms with Crippen molar-refractivity contribution < 1.29 is 13.5 Å². The van der Waals surface area contributed by atoms with Crippen molar-refractivity contribution in [3.8, 4) is 5.75 Å². The molecule has 0 aliphatic rings. The fourth-order valence-electron chi connectivity index (χ4n) is 1.93. The standard InChI is InChI=1S/C16H16ClF2NO/c1-11(13-4-6-14(17)7-5-13)20-10-12-2-8-15(9-3-12)21-16(18)19/h2-9,11,16,20H,10H2,1H3/t11-/m1/s1. The maximum atomic E-state index is 12.0. The summed E-state index contributed by atoms with van der Waals surface area (Å²) in [6.07, 6.45) is 0. The summed E-state index contributed by atoms with van der Waals surface area (Å²) < 4.78 is 28.4. The van der Waals surface area contributed by atoms with Crippen LogP contribution in [0.25, 0.3) is 0 Å². The van der Waals surface area contributed by atoms with E-state index in [-0.39, 0.29) is 11.8 Å². The predicted molar refractivity (Wildman–Crippen MR) is 79.8 cm³/mol. The van der Waals surface area contributed by atoms with E-state index in [0.717, 1.165) is 11.1 Å². The SMILES string of the molecule is C[C@@H](NCc1ccc(OC(F)F)cc1)c1ccc(Cl)cc1. The Balaban J connectivity index is 1.88. The largest absolute Gasteiger partial charge is 0.435 e. The Morgan fingerprint density at radius 3 is 2.24 bits per heavy atom. The van der Waals surface area contributed by atoms with Crippen LogP contribution in [0.4, 0.5) is 8.78 Å². The van der Waals surface area contributed by atoms with Gasteiger partial charge in [-0.25, -0.2) is 0 Å². The number of ether oxygens (including phenoxy) is 1. The van der Waals surface area contributed by atoms with Gasteiger partial charge < -0.3 is 10.1 Å². The average Bonchev–Trinajstić information content (AvgIpc) is 2.46. The van der Waals surface area contributed by atoms with Gasteiger partial charge in [-0.3, -0.25) is 0 Å². The number of hydrogen-bond donors (Lipinski definition) is 1. The van der Waals surface area contributed by atoms with Crippen LogP contribution in [-0.4, -0.2) is 6.61 Å². The molecule has 2 aromatic rings. The highest BCUT2D eigenvalue weighted by Crippen LogP contribution is 2.18. The van der Waals surface area contributed by atoms with Crippen molar-refractivity contribution in [1.29, 1.82) is 0 Å². The third-order valence-electron chi connectivity index (χ3n) is 3.13. The molecule has 0 spiro atoms. The lowest BCUT2D eigenvalue weighted by molar-refractivity contribution is -0.0498. The first kappa shape index (κ1) is 15.7. The quantitative estimate of drug-likeness (QED) is 0.828. The molecule has 0 aliphatic heterocycles. The van der Waals surface area contributed by atoms with Crippen molar-refractivity contribution >= 4 is 11.6 Å². The Labute approximate surface area is 127 Å². The molecule has 0 bridgehead atoms. The smallest absolute Gasteiger partial charge is 0.387 e. The molecule has 2 nitrogen and oxygen atoms in total. The summed E-state index contributed by atoms with van der Waals surface area (Å²) >= 11 is 5.85. The van der Waals surface area contributed by atoms with Crippen LogP contribution in [0.15, 0.2) is 48.5 Å². The minimum Gasteiger partial charge on any atom is -0.435 e. The average molecular weight is 312 g/mol. The molecular formula is C16H16ClF2NO. The van der Waals surface area contributed by atoms with E-state index in [9.17, 15) is 8.78 Å². The van der Waals surface area contributed by atoms with Crippen molar-refractivity contribution in [2.24, 2.45) is 0 Å². The van der Waals surface area contributed by atoms with Crippen molar-refractivity contribution in [2.45, 2.75) is 26.1 Å². The third-order valence-corrected chi connectivity index (χ3v) is 3.38. The fourth-order valence-corrected chi connectivity index (χ4v) is 2.05. The number of alkyl halides is 2. The van der Waals surface area contributed by atoms with Crippen LogP contribution in [0.2, 0.25) is 5.02 Å². The van der Waals surface area contributed by atoms with Gasteiger partial charge in [0, 0.05) is 17.6 Å². The van der Waals surface area contributed by atoms with Gasteiger partial charge in [-0.1, -0.05) is 35.9 Å². The normalized spacial score (nSPS) is 12.4. The van der Waals surface area contributed by atoms with E-state index in [2.05, 4.69) is 17.0 Å². The van der Waals surface area contributed by atoms with Crippen molar-refractivity contribution in [3.05, 3.63) is 64.7 Å². The summed E-state index contributed by atoms with van der Waals surface area (Å²) in [7, 11) is 0. The highest BCUT2D eigenvalue weighted by Gasteiger charge is 2.06. The minimum absolute atomic E-state index is 0.166. The molecule has 0 aliphatic carbocycles. The van der Waals surface area contributed by atoms with Crippen LogP contribution < -0.4 is 10.1 Å². The van der Waals surface area contributed by atoms with Crippen LogP contribution in [0.1, 0.15) is 24.1 Å². The predicted octanol–water partition coefficient (Wildman–Crippen LogP) is 4.79. The molecule has 1 N–H and O–H groups in total. The molecule has 0 fully saturated rings. The van der Waals surface area contributed by atoms with Gasteiger partial charge in [0.1, 0.15) is 5.75 Å². The molecule has 0 saturated heterocycles. The Bertz CT molecular complexity index is 557. The van der Waals surface area contributed by atoms with Gasteiger partial charge in [0.15, 0.2) is 0 Å². The van der Waals surface area contributed by atoms with E-state index in [1.165, 1.54) is 12.1 Å². The molecule has 0 radical (unpaired) electrons. The minimum atomic E-state index is -2.79. The Morgan fingerprint density at radius 1 is 1.05 bits per heavy atom. The van der Waals surface area contributed by atoms with Gasteiger partial charge in [-0.05, 0) is 42.3 Å².